The molecule has 1 rings (SSSR count). The van der Waals surface area contributed by atoms with E-state index in [1.807, 2.05) is 0 Å². The quantitative estimate of drug-likeness (QED) is 0.735. The lowest BCUT2D eigenvalue weighted by Crippen LogP contribution is -2.23. The number of ether oxygens (including phenoxy) is 2. The van der Waals surface area contributed by atoms with Crippen molar-refractivity contribution < 1.29 is 24.5 Å². The van der Waals surface area contributed by atoms with Gasteiger partial charge in [0.05, 0.1) is 13.7 Å². The Hall–Kier alpha value is -1.75. The first-order chi connectivity index (χ1) is 9.08. The highest BCUT2D eigenvalue weighted by molar-refractivity contribution is 5.74. The number of carbonyl (C=O) groups is 1. The average molecular weight is 268 g/mol. The van der Waals surface area contributed by atoms with Gasteiger partial charge in [0.2, 0.25) is 0 Å². The largest absolute Gasteiger partial charge is 0.504 e. The van der Waals surface area contributed by atoms with Crippen LogP contribution in [0, 0.1) is 0 Å². The smallest absolute Gasteiger partial charge is 0.334 e. The van der Waals surface area contributed by atoms with Gasteiger partial charge < -0.3 is 19.7 Å². The highest BCUT2D eigenvalue weighted by Gasteiger charge is 2.15. The van der Waals surface area contributed by atoms with Crippen molar-refractivity contribution in [2.75, 3.05) is 13.7 Å². The second kappa shape index (κ2) is 7.63. The number of rotatable bonds is 7. The maximum atomic E-state index is 11.2. The van der Waals surface area contributed by atoms with E-state index in [9.17, 15) is 15.0 Å². The lowest BCUT2D eigenvalue weighted by atomic mass is 10.1. The van der Waals surface area contributed by atoms with Gasteiger partial charge in [0.15, 0.2) is 17.6 Å². The zero-order chi connectivity index (χ0) is 14.3. The van der Waals surface area contributed by atoms with E-state index in [1.165, 1.54) is 7.11 Å². The molecule has 0 aliphatic carbocycles. The molecule has 1 aromatic carbocycles. The Bertz CT molecular complexity index is 416. The van der Waals surface area contributed by atoms with Crippen LogP contribution in [0.2, 0.25) is 0 Å². The summed E-state index contributed by atoms with van der Waals surface area (Å²) in [7, 11) is 1.49. The number of aliphatic hydroxyl groups is 1. The zero-order valence-electron chi connectivity index (χ0n) is 11.3. The lowest BCUT2D eigenvalue weighted by Gasteiger charge is -2.10. The summed E-state index contributed by atoms with van der Waals surface area (Å²) >= 11 is 0. The van der Waals surface area contributed by atoms with Crippen LogP contribution in [0.25, 0.3) is 0 Å². The second-order valence-electron chi connectivity index (χ2n) is 4.17. The molecule has 1 atom stereocenters. The van der Waals surface area contributed by atoms with Gasteiger partial charge in [-0.3, -0.25) is 0 Å². The number of phenols is 1. The van der Waals surface area contributed by atoms with E-state index in [4.69, 9.17) is 9.47 Å². The number of benzene rings is 1. The van der Waals surface area contributed by atoms with Crippen molar-refractivity contribution in [2.24, 2.45) is 0 Å². The van der Waals surface area contributed by atoms with Gasteiger partial charge in [0.25, 0.3) is 0 Å². The predicted octanol–water partition coefficient (Wildman–Crippen LogP) is 1.65. The molecule has 0 aliphatic heterocycles. The molecule has 0 fully saturated rings. The van der Waals surface area contributed by atoms with Gasteiger partial charge in [-0.2, -0.15) is 0 Å². The van der Waals surface area contributed by atoms with Gasteiger partial charge in [0, 0.05) is 0 Å². The third kappa shape index (κ3) is 4.79. The fourth-order valence-electron chi connectivity index (χ4n) is 1.73. The number of phenolic OH excluding ortho intramolecular Hbond substituents is 1. The van der Waals surface area contributed by atoms with Crippen molar-refractivity contribution in [1.82, 2.24) is 0 Å². The monoisotopic (exact) mass is 268 g/mol. The Balaban J connectivity index is 2.43. The van der Waals surface area contributed by atoms with Crippen LogP contribution in [0.4, 0.5) is 0 Å². The van der Waals surface area contributed by atoms with E-state index in [1.54, 1.807) is 25.1 Å². The number of aromatic hydroxyl groups is 1. The van der Waals surface area contributed by atoms with Crippen LogP contribution in [0.15, 0.2) is 18.2 Å². The molecule has 0 bridgehead atoms. The first-order valence-electron chi connectivity index (χ1n) is 6.29. The molecule has 0 aliphatic rings. The van der Waals surface area contributed by atoms with E-state index in [0.717, 1.165) is 5.56 Å². The first-order valence-corrected chi connectivity index (χ1v) is 6.29. The van der Waals surface area contributed by atoms with Crippen molar-refractivity contribution >= 4 is 5.97 Å². The molecule has 0 saturated carbocycles. The van der Waals surface area contributed by atoms with Gasteiger partial charge in [-0.15, -0.1) is 0 Å². The molecule has 0 saturated heterocycles. The minimum atomic E-state index is -1.07. The number of aliphatic hydroxyl groups excluding tert-OH is 1. The maximum Gasteiger partial charge on any atom is 0.334 e. The number of hydrogen-bond donors (Lipinski definition) is 2. The Labute approximate surface area is 112 Å². The Morgan fingerprint density at radius 2 is 2.16 bits per heavy atom. The van der Waals surface area contributed by atoms with Crippen LogP contribution in [0.1, 0.15) is 25.3 Å². The number of esters is 1. The number of methoxy groups -OCH3 is 1. The van der Waals surface area contributed by atoms with Crippen molar-refractivity contribution in [3.05, 3.63) is 23.8 Å². The van der Waals surface area contributed by atoms with Crippen molar-refractivity contribution in [1.29, 1.82) is 0 Å². The second-order valence-corrected chi connectivity index (χ2v) is 4.17. The van der Waals surface area contributed by atoms with Crippen LogP contribution >= 0.6 is 0 Å². The van der Waals surface area contributed by atoms with Crippen LogP contribution in [-0.2, 0) is 16.0 Å². The van der Waals surface area contributed by atoms with E-state index >= 15 is 0 Å². The number of aryl methyl sites for hydroxylation is 1. The molecule has 2 N–H and O–H groups in total. The highest BCUT2D eigenvalue weighted by atomic mass is 16.5. The van der Waals surface area contributed by atoms with Gasteiger partial charge in [-0.1, -0.05) is 6.07 Å². The van der Waals surface area contributed by atoms with Crippen LogP contribution in [0.5, 0.6) is 11.5 Å². The van der Waals surface area contributed by atoms with E-state index in [0.29, 0.717) is 25.0 Å². The normalized spacial score (nSPS) is 11.9. The third-order valence-electron chi connectivity index (χ3n) is 2.75. The summed E-state index contributed by atoms with van der Waals surface area (Å²) in [5.74, 6) is -0.0629. The van der Waals surface area contributed by atoms with Crippen LogP contribution < -0.4 is 4.74 Å². The molecule has 0 heterocycles. The van der Waals surface area contributed by atoms with Crippen LogP contribution in [-0.4, -0.2) is 36.0 Å². The average Bonchev–Trinajstić information content (AvgIpc) is 2.40. The molecular formula is C14H20O5. The minimum absolute atomic E-state index is 0.0952. The summed E-state index contributed by atoms with van der Waals surface area (Å²) in [4.78, 5) is 11.2. The minimum Gasteiger partial charge on any atom is -0.504 e. The highest BCUT2D eigenvalue weighted by Crippen LogP contribution is 2.26. The fraction of sp³-hybridized carbons (Fsp3) is 0.500. The summed E-state index contributed by atoms with van der Waals surface area (Å²) in [5, 5.41) is 19.0. The predicted molar refractivity (Wildman–Crippen MR) is 70.2 cm³/mol. The van der Waals surface area contributed by atoms with Crippen molar-refractivity contribution in [3.8, 4) is 11.5 Å². The summed E-state index contributed by atoms with van der Waals surface area (Å²) in [5.41, 5.74) is 0.978. The van der Waals surface area contributed by atoms with E-state index < -0.39 is 12.1 Å². The van der Waals surface area contributed by atoms with Crippen molar-refractivity contribution in [3.63, 3.8) is 0 Å². The molecule has 1 aromatic rings. The molecular weight excluding hydrogens is 248 g/mol. The van der Waals surface area contributed by atoms with Crippen molar-refractivity contribution in [2.45, 2.75) is 32.3 Å². The fourth-order valence-corrected chi connectivity index (χ4v) is 1.73. The van der Waals surface area contributed by atoms with Gasteiger partial charge in [-0.05, 0) is 43.9 Å². The van der Waals surface area contributed by atoms with Crippen LogP contribution in [0.3, 0.4) is 0 Å². The number of carbonyl (C=O) groups excluding carboxylic acids is 1. The molecule has 0 aromatic heterocycles. The number of hydrogen-bond acceptors (Lipinski definition) is 5. The SMILES string of the molecule is CCOC(=O)[C@H](O)CCCc1ccc(O)c(OC)c1. The lowest BCUT2D eigenvalue weighted by molar-refractivity contribution is -0.153. The molecule has 0 radical (unpaired) electrons. The Morgan fingerprint density at radius 3 is 2.79 bits per heavy atom. The zero-order valence-corrected chi connectivity index (χ0v) is 11.3. The molecule has 0 spiro atoms. The van der Waals surface area contributed by atoms with E-state index in [2.05, 4.69) is 0 Å². The standard InChI is InChI=1S/C14H20O5/c1-3-19-14(17)12(16)6-4-5-10-7-8-11(15)13(9-10)18-2/h7-9,12,15-16H,3-6H2,1-2H3/t12-/m1/s1. The Kier molecular flexibility index (Phi) is 6.15. The maximum absolute atomic E-state index is 11.2. The summed E-state index contributed by atoms with van der Waals surface area (Å²) < 4.78 is 9.73. The van der Waals surface area contributed by atoms with Gasteiger partial charge >= 0.3 is 5.97 Å². The molecule has 0 unspecified atom stereocenters. The summed E-state index contributed by atoms with van der Waals surface area (Å²) in [6.07, 6.45) is 0.613. The molecule has 5 nitrogen and oxygen atoms in total. The first kappa shape index (κ1) is 15.3. The van der Waals surface area contributed by atoms with Gasteiger partial charge in [-0.25, -0.2) is 4.79 Å². The molecule has 0 amide bonds. The van der Waals surface area contributed by atoms with E-state index in [-0.39, 0.29) is 12.4 Å². The third-order valence-corrected chi connectivity index (χ3v) is 2.75. The summed E-state index contributed by atoms with van der Waals surface area (Å²) in [6, 6.07) is 5.09. The van der Waals surface area contributed by atoms with Gasteiger partial charge in [0.1, 0.15) is 0 Å². The molecule has 5 heteroatoms. The Morgan fingerprint density at radius 1 is 1.42 bits per heavy atom. The molecule has 106 valence electrons. The summed E-state index contributed by atoms with van der Waals surface area (Å²) in [6.45, 7) is 1.97. The topological polar surface area (TPSA) is 76.0 Å². The molecule has 19 heavy (non-hydrogen) atoms.